The number of ether oxygens (including phenoxy) is 1. The van der Waals surface area contributed by atoms with E-state index in [1.54, 1.807) is 0 Å². The molecule has 0 saturated carbocycles. The van der Waals surface area contributed by atoms with Crippen LogP contribution >= 0.6 is 0 Å². The van der Waals surface area contributed by atoms with Crippen LogP contribution in [0.4, 0.5) is 0 Å². The van der Waals surface area contributed by atoms with E-state index in [9.17, 15) is 4.79 Å². The zero-order valence-electron chi connectivity index (χ0n) is 8.36. The van der Waals surface area contributed by atoms with Gasteiger partial charge in [0.25, 0.3) is 0 Å². The van der Waals surface area contributed by atoms with Crippen molar-refractivity contribution < 1.29 is 9.53 Å². The molecule has 5 nitrogen and oxygen atoms in total. The van der Waals surface area contributed by atoms with Crippen LogP contribution in [-0.2, 0) is 22.5 Å². The van der Waals surface area contributed by atoms with Gasteiger partial charge in [0, 0.05) is 13.0 Å². The highest BCUT2D eigenvalue weighted by Crippen LogP contribution is 2.19. The number of aromatic nitrogens is 3. The fraction of sp³-hybridized carbons (Fsp3) is 0.667. The molecule has 1 atom stereocenters. The standard InChI is InChI=1S/C9H13N3O2/c1-6-10-8-5-7(9(13)14-2)3-4-12(8)11-6/h7H,3-5H2,1-2H3. The maximum atomic E-state index is 11.3. The average molecular weight is 195 g/mol. The molecule has 76 valence electrons. The monoisotopic (exact) mass is 195 g/mol. The number of aryl methyl sites for hydroxylation is 2. The van der Waals surface area contributed by atoms with Gasteiger partial charge in [-0.1, -0.05) is 0 Å². The van der Waals surface area contributed by atoms with Crippen molar-refractivity contribution in [3.05, 3.63) is 11.6 Å². The number of rotatable bonds is 1. The van der Waals surface area contributed by atoms with Crippen LogP contribution in [0, 0.1) is 12.8 Å². The van der Waals surface area contributed by atoms with Gasteiger partial charge in [-0.15, -0.1) is 0 Å². The summed E-state index contributed by atoms with van der Waals surface area (Å²) < 4.78 is 6.58. The van der Waals surface area contributed by atoms with E-state index in [4.69, 9.17) is 4.74 Å². The lowest BCUT2D eigenvalue weighted by molar-refractivity contribution is -0.146. The Morgan fingerprint density at radius 3 is 3.14 bits per heavy atom. The summed E-state index contributed by atoms with van der Waals surface area (Å²) in [4.78, 5) is 15.6. The van der Waals surface area contributed by atoms with Gasteiger partial charge in [-0.3, -0.25) is 4.79 Å². The molecule has 2 rings (SSSR count). The molecule has 1 aliphatic rings. The van der Waals surface area contributed by atoms with Gasteiger partial charge >= 0.3 is 5.97 Å². The van der Waals surface area contributed by atoms with Crippen LogP contribution in [0.25, 0.3) is 0 Å². The molecule has 0 saturated heterocycles. The van der Waals surface area contributed by atoms with Crippen molar-refractivity contribution >= 4 is 5.97 Å². The van der Waals surface area contributed by atoms with Crippen molar-refractivity contribution in [1.82, 2.24) is 14.8 Å². The Balaban J connectivity index is 2.16. The average Bonchev–Trinajstić information content (AvgIpc) is 2.55. The Labute approximate surface area is 82.1 Å². The summed E-state index contributed by atoms with van der Waals surface area (Å²) >= 11 is 0. The second kappa shape index (κ2) is 3.40. The Bertz CT molecular complexity index is 359. The number of fused-ring (bicyclic) bond motifs is 1. The van der Waals surface area contributed by atoms with E-state index >= 15 is 0 Å². The lowest BCUT2D eigenvalue weighted by Crippen LogP contribution is -2.27. The van der Waals surface area contributed by atoms with Gasteiger partial charge in [-0.2, -0.15) is 5.10 Å². The number of hydrogen-bond donors (Lipinski definition) is 0. The molecule has 0 bridgehead atoms. The van der Waals surface area contributed by atoms with Gasteiger partial charge in [-0.25, -0.2) is 9.67 Å². The third-order valence-electron chi connectivity index (χ3n) is 2.51. The van der Waals surface area contributed by atoms with Crippen LogP contribution in [0.15, 0.2) is 0 Å². The molecule has 0 radical (unpaired) electrons. The molecule has 0 spiro atoms. The fourth-order valence-electron chi connectivity index (χ4n) is 1.80. The third kappa shape index (κ3) is 1.49. The number of carbonyl (C=O) groups excluding carboxylic acids is 1. The van der Waals surface area contributed by atoms with Gasteiger partial charge in [0.05, 0.1) is 13.0 Å². The fourth-order valence-corrected chi connectivity index (χ4v) is 1.80. The zero-order chi connectivity index (χ0) is 10.1. The molecular weight excluding hydrogens is 182 g/mol. The molecule has 0 N–H and O–H groups in total. The minimum absolute atomic E-state index is 0.0453. The molecule has 14 heavy (non-hydrogen) atoms. The summed E-state index contributed by atoms with van der Waals surface area (Å²) in [7, 11) is 1.42. The first-order valence-electron chi connectivity index (χ1n) is 4.69. The third-order valence-corrected chi connectivity index (χ3v) is 2.51. The molecule has 2 heterocycles. The van der Waals surface area contributed by atoms with Crippen molar-refractivity contribution in [2.75, 3.05) is 7.11 Å². The lowest BCUT2D eigenvalue weighted by Gasteiger charge is -2.19. The molecule has 1 aromatic heterocycles. The number of carbonyl (C=O) groups is 1. The largest absolute Gasteiger partial charge is 0.469 e. The Hall–Kier alpha value is -1.39. The zero-order valence-corrected chi connectivity index (χ0v) is 8.36. The van der Waals surface area contributed by atoms with Crippen molar-refractivity contribution in [2.45, 2.75) is 26.3 Å². The summed E-state index contributed by atoms with van der Waals surface area (Å²) in [6.07, 6.45) is 1.44. The quantitative estimate of drug-likeness (QED) is 0.606. The first-order chi connectivity index (χ1) is 6.70. The topological polar surface area (TPSA) is 57.0 Å². The van der Waals surface area contributed by atoms with E-state index in [-0.39, 0.29) is 11.9 Å². The van der Waals surface area contributed by atoms with Gasteiger partial charge in [0.1, 0.15) is 11.6 Å². The molecule has 1 aromatic rings. The summed E-state index contributed by atoms with van der Waals surface area (Å²) in [5, 5.41) is 4.22. The summed E-state index contributed by atoms with van der Waals surface area (Å²) in [5.74, 6) is 1.47. The predicted octanol–water partition coefficient (Wildman–Crippen LogP) is 0.322. The van der Waals surface area contributed by atoms with E-state index in [1.807, 2.05) is 11.6 Å². The molecular formula is C9H13N3O2. The summed E-state index contributed by atoms with van der Waals surface area (Å²) in [6.45, 7) is 2.62. The minimum Gasteiger partial charge on any atom is -0.469 e. The van der Waals surface area contributed by atoms with E-state index in [0.29, 0.717) is 6.42 Å². The van der Waals surface area contributed by atoms with E-state index in [1.165, 1.54) is 7.11 Å². The number of nitrogens with zero attached hydrogens (tertiary/aromatic N) is 3. The highest BCUT2D eigenvalue weighted by Gasteiger charge is 2.27. The lowest BCUT2D eigenvalue weighted by atomic mass is 9.98. The normalized spacial score (nSPS) is 20.3. The molecule has 1 aliphatic heterocycles. The molecule has 5 heteroatoms. The second-order valence-electron chi connectivity index (χ2n) is 3.51. The number of esters is 1. The SMILES string of the molecule is COC(=O)C1CCn2nc(C)nc2C1. The predicted molar refractivity (Wildman–Crippen MR) is 48.6 cm³/mol. The van der Waals surface area contributed by atoms with Crippen molar-refractivity contribution in [3.8, 4) is 0 Å². The van der Waals surface area contributed by atoms with Crippen molar-refractivity contribution in [3.63, 3.8) is 0 Å². The van der Waals surface area contributed by atoms with Gasteiger partial charge < -0.3 is 4.74 Å². The van der Waals surface area contributed by atoms with Crippen LogP contribution < -0.4 is 0 Å². The van der Waals surface area contributed by atoms with Crippen LogP contribution in [0.1, 0.15) is 18.1 Å². The Morgan fingerprint density at radius 2 is 2.43 bits per heavy atom. The molecule has 0 amide bonds. The van der Waals surface area contributed by atoms with Gasteiger partial charge in [0.2, 0.25) is 0 Å². The smallest absolute Gasteiger partial charge is 0.309 e. The maximum absolute atomic E-state index is 11.3. The van der Waals surface area contributed by atoms with Crippen LogP contribution in [0.5, 0.6) is 0 Å². The highest BCUT2D eigenvalue weighted by atomic mass is 16.5. The summed E-state index contributed by atoms with van der Waals surface area (Å²) in [5.41, 5.74) is 0. The van der Waals surface area contributed by atoms with E-state index in [0.717, 1.165) is 24.6 Å². The Morgan fingerprint density at radius 1 is 1.64 bits per heavy atom. The maximum Gasteiger partial charge on any atom is 0.309 e. The number of hydrogen-bond acceptors (Lipinski definition) is 4. The minimum atomic E-state index is -0.142. The van der Waals surface area contributed by atoms with Crippen molar-refractivity contribution in [1.29, 1.82) is 0 Å². The van der Waals surface area contributed by atoms with Crippen LogP contribution in [0.3, 0.4) is 0 Å². The second-order valence-corrected chi connectivity index (χ2v) is 3.51. The van der Waals surface area contributed by atoms with Crippen LogP contribution in [0.2, 0.25) is 0 Å². The summed E-state index contributed by atoms with van der Waals surface area (Å²) in [6, 6.07) is 0. The van der Waals surface area contributed by atoms with Gasteiger partial charge in [-0.05, 0) is 13.3 Å². The first kappa shape index (κ1) is 9.18. The molecule has 0 aliphatic carbocycles. The molecule has 0 fully saturated rings. The van der Waals surface area contributed by atoms with Crippen molar-refractivity contribution in [2.24, 2.45) is 5.92 Å². The van der Waals surface area contributed by atoms with E-state index < -0.39 is 0 Å². The van der Waals surface area contributed by atoms with E-state index in [2.05, 4.69) is 10.1 Å². The molecule has 1 unspecified atom stereocenters. The van der Waals surface area contributed by atoms with Crippen LogP contribution in [-0.4, -0.2) is 27.8 Å². The first-order valence-corrected chi connectivity index (χ1v) is 4.69. The van der Waals surface area contributed by atoms with Gasteiger partial charge in [0.15, 0.2) is 0 Å². The molecule has 0 aromatic carbocycles. The Kier molecular flexibility index (Phi) is 2.23. The number of methoxy groups -OCH3 is 1. The highest BCUT2D eigenvalue weighted by molar-refractivity contribution is 5.72.